The van der Waals surface area contributed by atoms with Crippen molar-refractivity contribution < 1.29 is 13.9 Å². The van der Waals surface area contributed by atoms with Gasteiger partial charge < -0.3 is 14.1 Å². The highest BCUT2D eigenvalue weighted by atomic mass is 16.5. The van der Waals surface area contributed by atoms with Crippen LogP contribution in [-0.2, 0) is 33.0 Å². The third-order valence-electron chi connectivity index (χ3n) is 6.14. The second-order valence-corrected chi connectivity index (χ2v) is 8.30. The summed E-state index contributed by atoms with van der Waals surface area (Å²) in [5.41, 5.74) is 4.02. The van der Waals surface area contributed by atoms with Crippen molar-refractivity contribution in [2.75, 3.05) is 21.2 Å². The Labute approximate surface area is 183 Å². The fourth-order valence-electron chi connectivity index (χ4n) is 4.40. The monoisotopic (exact) mass is 422 g/mol. The summed E-state index contributed by atoms with van der Waals surface area (Å²) >= 11 is 0. The first-order chi connectivity index (χ1) is 15.0. The van der Waals surface area contributed by atoms with Crippen LogP contribution in [0.5, 0.6) is 5.75 Å². The van der Waals surface area contributed by atoms with Crippen molar-refractivity contribution >= 4 is 5.91 Å². The van der Waals surface area contributed by atoms with Crippen LogP contribution in [0.2, 0.25) is 0 Å². The summed E-state index contributed by atoms with van der Waals surface area (Å²) in [5.74, 6) is 1.57. The molecule has 1 atom stereocenters. The Balaban J connectivity index is 1.49. The van der Waals surface area contributed by atoms with Gasteiger partial charge in [0.2, 0.25) is 0 Å². The number of aromatic nitrogens is 2. The molecule has 2 heterocycles. The second kappa shape index (κ2) is 8.98. The normalized spacial score (nSPS) is 15.7. The van der Waals surface area contributed by atoms with Crippen molar-refractivity contribution in [3.63, 3.8) is 0 Å². The van der Waals surface area contributed by atoms with Crippen LogP contribution >= 0.6 is 0 Å². The molecule has 3 aromatic rings. The number of methoxy groups -OCH3 is 1. The Morgan fingerprint density at radius 3 is 2.84 bits per heavy atom. The first kappa shape index (κ1) is 21.2. The van der Waals surface area contributed by atoms with Crippen LogP contribution in [0, 0.1) is 0 Å². The molecule has 0 spiro atoms. The van der Waals surface area contributed by atoms with E-state index < -0.39 is 0 Å². The predicted molar refractivity (Wildman–Crippen MR) is 118 cm³/mol. The third kappa shape index (κ3) is 4.51. The zero-order valence-corrected chi connectivity index (χ0v) is 18.7. The van der Waals surface area contributed by atoms with Gasteiger partial charge in [-0.1, -0.05) is 12.1 Å². The van der Waals surface area contributed by atoms with E-state index in [1.807, 2.05) is 36.0 Å². The van der Waals surface area contributed by atoms with Gasteiger partial charge in [0, 0.05) is 37.9 Å². The molecule has 1 aliphatic rings. The quantitative estimate of drug-likeness (QED) is 0.585. The smallest absolute Gasteiger partial charge is 0.274 e. The van der Waals surface area contributed by atoms with Gasteiger partial charge in [-0.15, -0.1) is 0 Å². The zero-order chi connectivity index (χ0) is 22.0. The SMILES string of the molecule is COc1cccc(CN(C)C2CCc3c(c(C(=O)N(C)Cc4ccco4)nn3C)C2)c1. The first-order valence-electron chi connectivity index (χ1n) is 10.6. The van der Waals surface area contributed by atoms with Gasteiger partial charge in [-0.2, -0.15) is 5.10 Å². The van der Waals surface area contributed by atoms with Crippen molar-refractivity contribution in [1.29, 1.82) is 0 Å². The van der Waals surface area contributed by atoms with Crippen molar-refractivity contribution in [1.82, 2.24) is 19.6 Å². The van der Waals surface area contributed by atoms with Crippen molar-refractivity contribution in [2.24, 2.45) is 7.05 Å². The Kier molecular flexibility index (Phi) is 6.13. The zero-order valence-electron chi connectivity index (χ0n) is 18.7. The summed E-state index contributed by atoms with van der Waals surface area (Å²) in [7, 11) is 7.56. The van der Waals surface area contributed by atoms with Crippen LogP contribution in [0.3, 0.4) is 0 Å². The molecule has 4 rings (SSSR count). The maximum atomic E-state index is 13.2. The summed E-state index contributed by atoms with van der Waals surface area (Å²) in [6.45, 7) is 1.26. The predicted octanol–water partition coefficient (Wildman–Crippen LogP) is 3.28. The third-order valence-corrected chi connectivity index (χ3v) is 6.14. The standard InChI is InChI=1S/C24H30N4O3/c1-26(15-17-7-5-8-19(13-17)30-4)18-10-11-22-21(14-18)23(25-28(22)3)24(29)27(2)16-20-9-6-12-31-20/h5-9,12-13,18H,10-11,14-16H2,1-4H3. The molecule has 0 saturated heterocycles. The van der Waals surface area contributed by atoms with Gasteiger partial charge in [0.1, 0.15) is 11.5 Å². The first-order valence-corrected chi connectivity index (χ1v) is 10.6. The minimum absolute atomic E-state index is 0.0654. The molecule has 7 heteroatoms. The maximum Gasteiger partial charge on any atom is 0.274 e. The minimum Gasteiger partial charge on any atom is -0.497 e. The number of rotatable bonds is 7. The summed E-state index contributed by atoms with van der Waals surface area (Å²) in [4.78, 5) is 17.2. The molecule has 7 nitrogen and oxygen atoms in total. The van der Waals surface area contributed by atoms with E-state index in [-0.39, 0.29) is 5.91 Å². The summed E-state index contributed by atoms with van der Waals surface area (Å²) in [6.07, 6.45) is 4.41. The highest BCUT2D eigenvalue weighted by Crippen LogP contribution is 2.28. The lowest BCUT2D eigenvalue weighted by atomic mass is 9.90. The minimum atomic E-state index is -0.0654. The molecular formula is C24H30N4O3. The van der Waals surface area contributed by atoms with Gasteiger partial charge >= 0.3 is 0 Å². The molecule has 0 saturated carbocycles. The van der Waals surface area contributed by atoms with Crippen LogP contribution in [0.4, 0.5) is 0 Å². The molecule has 0 bridgehead atoms. The van der Waals surface area contributed by atoms with Gasteiger partial charge in [0.05, 0.1) is 19.9 Å². The molecule has 1 amide bonds. The Morgan fingerprint density at radius 2 is 2.10 bits per heavy atom. The Bertz CT molecular complexity index is 1040. The number of likely N-dealkylation sites (N-methyl/N-ethyl adjacent to an activating group) is 1. The number of hydrogen-bond donors (Lipinski definition) is 0. The van der Waals surface area contributed by atoms with Crippen LogP contribution in [0.25, 0.3) is 0 Å². The van der Waals surface area contributed by atoms with Gasteiger partial charge in [-0.25, -0.2) is 0 Å². The molecule has 0 N–H and O–H groups in total. The highest BCUT2D eigenvalue weighted by molar-refractivity contribution is 5.94. The Morgan fingerprint density at radius 1 is 1.26 bits per heavy atom. The molecular weight excluding hydrogens is 392 g/mol. The van der Waals surface area contributed by atoms with E-state index in [1.54, 1.807) is 25.3 Å². The van der Waals surface area contributed by atoms with Crippen molar-refractivity contribution in [3.05, 3.63) is 70.9 Å². The second-order valence-electron chi connectivity index (χ2n) is 8.30. The number of furan rings is 1. The number of hydrogen-bond acceptors (Lipinski definition) is 5. The number of ether oxygens (including phenoxy) is 1. The van der Waals surface area contributed by atoms with E-state index in [4.69, 9.17) is 9.15 Å². The fraction of sp³-hybridized carbons (Fsp3) is 0.417. The lowest BCUT2D eigenvalue weighted by Gasteiger charge is -2.32. The van der Waals surface area contributed by atoms with E-state index in [0.717, 1.165) is 42.9 Å². The van der Waals surface area contributed by atoms with Gasteiger partial charge in [-0.3, -0.25) is 14.4 Å². The molecule has 2 aromatic heterocycles. The van der Waals surface area contributed by atoms with E-state index in [0.29, 0.717) is 18.3 Å². The van der Waals surface area contributed by atoms with E-state index >= 15 is 0 Å². The molecule has 0 fully saturated rings. The largest absolute Gasteiger partial charge is 0.497 e. The molecule has 31 heavy (non-hydrogen) atoms. The Hall–Kier alpha value is -3.06. The van der Waals surface area contributed by atoms with Crippen molar-refractivity contribution in [2.45, 2.75) is 38.4 Å². The van der Waals surface area contributed by atoms with Crippen LogP contribution in [0.15, 0.2) is 47.1 Å². The van der Waals surface area contributed by atoms with Gasteiger partial charge in [0.15, 0.2) is 5.69 Å². The van der Waals surface area contributed by atoms with Crippen molar-refractivity contribution in [3.8, 4) is 5.75 Å². The van der Waals surface area contributed by atoms with E-state index in [2.05, 4.69) is 29.2 Å². The van der Waals surface area contributed by atoms with Crippen LogP contribution < -0.4 is 4.74 Å². The number of amides is 1. The molecule has 0 radical (unpaired) electrons. The van der Waals surface area contributed by atoms with Crippen LogP contribution in [-0.4, -0.2) is 52.7 Å². The summed E-state index contributed by atoms with van der Waals surface area (Å²) in [5, 5.41) is 4.60. The lowest BCUT2D eigenvalue weighted by Crippen LogP contribution is -2.37. The number of benzene rings is 1. The van der Waals surface area contributed by atoms with Crippen LogP contribution in [0.1, 0.15) is 39.5 Å². The number of carbonyl (C=O) groups is 1. The molecule has 0 aliphatic heterocycles. The molecule has 1 unspecified atom stereocenters. The van der Waals surface area contributed by atoms with E-state index in [9.17, 15) is 4.79 Å². The number of nitrogens with zero attached hydrogens (tertiary/aromatic N) is 4. The van der Waals surface area contributed by atoms with E-state index in [1.165, 1.54) is 11.3 Å². The van der Waals surface area contributed by atoms with Gasteiger partial charge in [-0.05, 0) is 56.1 Å². The average molecular weight is 423 g/mol. The number of aryl methyl sites for hydroxylation is 1. The molecule has 164 valence electrons. The van der Waals surface area contributed by atoms with Gasteiger partial charge in [0.25, 0.3) is 5.91 Å². The number of fused-ring (bicyclic) bond motifs is 1. The summed E-state index contributed by atoms with van der Waals surface area (Å²) in [6, 6.07) is 12.2. The maximum absolute atomic E-state index is 13.2. The fourth-order valence-corrected chi connectivity index (χ4v) is 4.40. The highest BCUT2D eigenvalue weighted by Gasteiger charge is 2.31. The average Bonchev–Trinajstić information content (AvgIpc) is 3.40. The number of carbonyl (C=O) groups excluding carboxylic acids is 1. The lowest BCUT2D eigenvalue weighted by molar-refractivity contribution is 0.0767. The molecule has 1 aliphatic carbocycles. The summed E-state index contributed by atoms with van der Waals surface area (Å²) < 4.78 is 12.6. The molecule has 1 aromatic carbocycles. The topological polar surface area (TPSA) is 63.7 Å².